The lowest BCUT2D eigenvalue weighted by Crippen LogP contribution is -2.23. The van der Waals surface area contributed by atoms with Crippen LogP contribution in [0.4, 0.5) is 0 Å². The van der Waals surface area contributed by atoms with Gasteiger partial charge in [-0.15, -0.1) is 0 Å². The molecule has 1 aromatic heterocycles. The molecule has 2 rings (SSSR count). The van der Waals surface area contributed by atoms with Gasteiger partial charge in [0.25, 0.3) is 5.91 Å². The van der Waals surface area contributed by atoms with Gasteiger partial charge in [0.15, 0.2) is 5.69 Å². The van der Waals surface area contributed by atoms with Gasteiger partial charge in [0.1, 0.15) is 6.26 Å². The van der Waals surface area contributed by atoms with Gasteiger partial charge in [0.05, 0.1) is 10.9 Å². The van der Waals surface area contributed by atoms with Crippen molar-refractivity contribution >= 4 is 15.9 Å². The number of nitrogens with one attached hydrogen (secondary N) is 1. The molecule has 2 aromatic rings. The van der Waals surface area contributed by atoms with Crippen LogP contribution in [0, 0.1) is 0 Å². The molecule has 9 heteroatoms. The summed E-state index contributed by atoms with van der Waals surface area (Å²) in [4.78, 5) is 16.2. The summed E-state index contributed by atoms with van der Waals surface area (Å²) in [5, 5.41) is 7.70. The maximum atomic E-state index is 12.0. The fourth-order valence-corrected chi connectivity index (χ4v) is 2.58. The summed E-state index contributed by atoms with van der Waals surface area (Å²) in [6.07, 6.45) is 2.88. The Hall–Kier alpha value is -2.23. The summed E-state index contributed by atoms with van der Waals surface area (Å²) >= 11 is 0. The molecule has 1 heterocycles. The largest absolute Gasteiger partial charge is 0.446 e. The van der Waals surface area contributed by atoms with Crippen LogP contribution in [0.1, 0.15) is 47.7 Å². The number of primary sulfonamides is 1. The first-order valence-electron chi connectivity index (χ1n) is 7.42. The van der Waals surface area contributed by atoms with Gasteiger partial charge in [-0.25, -0.2) is 18.5 Å². The Morgan fingerprint density at radius 1 is 1.33 bits per heavy atom. The van der Waals surface area contributed by atoms with Crippen LogP contribution < -0.4 is 16.2 Å². The number of hydrogen-bond donors (Lipinski definition) is 3. The van der Waals surface area contributed by atoms with Crippen molar-refractivity contribution in [3.8, 4) is 0 Å². The molecule has 1 amide bonds. The summed E-state index contributed by atoms with van der Waals surface area (Å²) < 4.78 is 27.6. The number of oxazole rings is 1. The first kappa shape index (κ1) is 18.1. The highest BCUT2D eigenvalue weighted by atomic mass is 32.2. The highest BCUT2D eigenvalue weighted by Crippen LogP contribution is 2.15. The van der Waals surface area contributed by atoms with E-state index in [1.165, 1.54) is 18.4 Å². The van der Waals surface area contributed by atoms with Gasteiger partial charge >= 0.3 is 0 Å². The molecular weight excluding hydrogens is 332 g/mol. The number of carbonyl (C=O) groups is 1. The number of carbonyl (C=O) groups excluding carboxylic acids is 1. The minimum Gasteiger partial charge on any atom is -0.446 e. The Morgan fingerprint density at radius 2 is 2.00 bits per heavy atom. The molecule has 0 radical (unpaired) electrons. The predicted octanol–water partition coefficient (Wildman–Crippen LogP) is 1.05. The number of aromatic nitrogens is 1. The molecule has 130 valence electrons. The standard InChI is InChI=1S/C15H20N4O4S/c1-2-3-12(16)15-19-13(9-23-15)14(20)18-8-10-4-6-11(7-5-10)24(17,21)22/h4-7,9,12H,2-3,8,16H2,1H3,(H,18,20)(H2,17,21,22). The monoisotopic (exact) mass is 352 g/mol. The second-order valence-corrected chi connectivity index (χ2v) is 6.90. The van der Waals surface area contributed by atoms with Crippen molar-refractivity contribution in [2.45, 2.75) is 37.2 Å². The van der Waals surface area contributed by atoms with Crippen LogP contribution in [0.15, 0.2) is 39.8 Å². The van der Waals surface area contributed by atoms with E-state index in [1.54, 1.807) is 12.1 Å². The normalized spacial score (nSPS) is 12.8. The average molecular weight is 352 g/mol. The Labute approximate surface area is 140 Å². The second kappa shape index (κ2) is 7.56. The zero-order valence-electron chi connectivity index (χ0n) is 13.2. The van der Waals surface area contributed by atoms with Gasteiger partial charge in [0.2, 0.25) is 15.9 Å². The highest BCUT2D eigenvalue weighted by Gasteiger charge is 2.16. The number of hydrogen-bond acceptors (Lipinski definition) is 6. The van der Waals surface area contributed by atoms with Crippen molar-refractivity contribution in [1.29, 1.82) is 0 Å². The van der Waals surface area contributed by atoms with Crippen molar-refractivity contribution in [3.63, 3.8) is 0 Å². The van der Waals surface area contributed by atoms with E-state index in [4.69, 9.17) is 15.3 Å². The van der Waals surface area contributed by atoms with Gasteiger partial charge in [-0.05, 0) is 24.1 Å². The molecule has 5 N–H and O–H groups in total. The molecule has 0 saturated heterocycles. The third-order valence-corrected chi connectivity index (χ3v) is 4.31. The van der Waals surface area contributed by atoms with Gasteiger partial charge in [-0.3, -0.25) is 4.79 Å². The quantitative estimate of drug-likeness (QED) is 0.680. The lowest BCUT2D eigenvalue weighted by molar-refractivity contribution is 0.0946. The van der Waals surface area contributed by atoms with Gasteiger partial charge in [-0.1, -0.05) is 25.5 Å². The van der Waals surface area contributed by atoms with Crippen molar-refractivity contribution in [3.05, 3.63) is 47.7 Å². The Balaban J connectivity index is 1.96. The van der Waals surface area contributed by atoms with Crippen molar-refractivity contribution in [1.82, 2.24) is 10.3 Å². The fraction of sp³-hybridized carbons (Fsp3) is 0.333. The number of sulfonamides is 1. The van der Waals surface area contributed by atoms with Crippen LogP contribution in [-0.2, 0) is 16.6 Å². The summed E-state index contributed by atoms with van der Waals surface area (Å²) in [6, 6.07) is 5.59. The smallest absolute Gasteiger partial charge is 0.273 e. The number of benzene rings is 1. The Bertz CT molecular complexity index is 799. The van der Waals surface area contributed by atoms with Crippen LogP contribution >= 0.6 is 0 Å². The molecule has 0 aliphatic carbocycles. The van der Waals surface area contributed by atoms with Crippen LogP contribution in [0.25, 0.3) is 0 Å². The number of nitrogens with two attached hydrogens (primary N) is 2. The molecule has 1 atom stereocenters. The molecule has 0 aliphatic heterocycles. The number of nitrogens with zero attached hydrogens (tertiary/aromatic N) is 1. The number of rotatable bonds is 7. The summed E-state index contributed by atoms with van der Waals surface area (Å²) in [6.45, 7) is 2.21. The summed E-state index contributed by atoms with van der Waals surface area (Å²) in [7, 11) is -3.73. The molecule has 0 aliphatic rings. The van der Waals surface area contributed by atoms with Gasteiger partial charge < -0.3 is 15.5 Å². The molecule has 1 unspecified atom stereocenters. The molecule has 0 spiro atoms. The van der Waals surface area contributed by atoms with E-state index in [-0.39, 0.29) is 23.2 Å². The van der Waals surface area contributed by atoms with Gasteiger partial charge in [0, 0.05) is 6.54 Å². The third kappa shape index (κ3) is 4.63. The fourth-order valence-electron chi connectivity index (χ4n) is 2.07. The van der Waals surface area contributed by atoms with Crippen molar-refractivity contribution in [2.24, 2.45) is 10.9 Å². The van der Waals surface area contributed by atoms with E-state index in [1.807, 2.05) is 6.92 Å². The molecule has 0 fully saturated rings. The zero-order chi connectivity index (χ0) is 17.7. The summed E-state index contributed by atoms with van der Waals surface area (Å²) in [5.41, 5.74) is 6.76. The zero-order valence-corrected chi connectivity index (χ0v) is 14.0. The minimum atomic E-state index is -3.73. The first-order valence-corrected chi connectivity index (χ1v) is 8.97. The Kier molecular flexibility index (Phi) is 5.71. The Morgan fingerprint density at radius 3 is 2.58 bits per heavy atom. The molecule has 8 nitrogen and oxygen atoms in total. The highest BCUT2D eigenvalue weighted by molar-refractivity contribution is 7.89. The van der Waals surface area contributed by atoms with E-state index in [0.717, 1.165) is 18.4 Å². The third-order valence-electron chi connectivity index (χ3n) is 3.38. The molecule has 0 bridgehead atoms. The topological polar surface area (TPSA) is 141 Å². The lowest BCUT2D eigenvalue weighted by atomic mass is 10.2. The maximum Gasteiger partial charge on any atom is 0.273 e. The van der Waals surface area contributed by atoms with Crippen LogP contribution in [-0.4, -0.2) is 19.3 Å². The molecule has 24 heavy (non-hydrogen) atoms. The van der Waals surface area contributed by atoms with Gasteiger partial charge in [-0.2, -0.15) is 0 Å². The van der Waals surface area contributed by atoms with Crippen molar-refractivity contribution in [2.75, 3.05) is 0 Å². The van der Waals surface area contributed by atoms with Crippen LogP contribution in [0.2, 0.25) is 0 Å². The predicted molar refractivity (Wildman–Crippen MR) is 87.3 cm³/mol. The second-order valence-electron chi connectivity index (χ2n) is 5.34. The van der Waals surface area contributed by atoms with E-state index in [9.17, 15) is 13.2 Å². The molecule has 0 saturated carbocycles. The van der Waals surface area contributed by atoms with Crippen LogP contribution in [0.3, 0.4) is 0 Å². The summed E-state index contributed by atoms with van der Waals surface area (Å²) in [5.74, 6) is -0.0660. The molecular formula is C15H20N4O4S. The van der Waals surface area contributed by atoms with E-state index < -0.39 is 15.9 Å². The van der Waals surface area contributed by atoms with E-state index in [2.05, 4.69) is 10.3 Å². The molecule has 1 aromatic carbocycles. The SMILES string of the molecule is CCCC(N)c1nc(C(=O)NCc2ccc(S(N)(=O)=O)cc2)co1. The van der Waals surface area contributed by atoms with Crippen molar-refractivity contribution < 1.29 is 17.6 Å². The lowest BCUT2D eigenvalue weighted by Gasteiger charge is -2.05. The van der Waals surface area contributed by atoms with E-state index >= 15 is 0 Å². The minimum absolute atomic E-state index is 0.0173. The van der Waals surface area contributed by atoms with E-state index in [0.29, 0.717) is 5.89 Å². The maximum absolute atomic E-state index is 12.0. The average Bonchev–Trinajstić information content (AvgIpc) is 3.02. The van der Waals surface area contributed by atoms with Crippen LogP contribution in [0.5, 0.6) is 0 Å². The first-order chi connectivity index (χ1) is 11.3. The number of amides is 1.